The summed E-state index contributed by atoms with van der Waals surface area (Å²) in [6.07, 6.45) is 7.74. The molecule has 2 aromatic heterocycles. The Labute approximate surface area is 210 Å². The summed E-state index contributed by atoms with van der Waals surface area (Å²) in [6.45, 7) is 2.37. The highest BCUT2D eigenvalue weighted by Gasteiger charge is 2.34. The number of aliphatic hydroxyl groups is 1. The summed E-state index contributed by atoms with van der Waals surface area (Å²) in [7, 11) is 3.61. The lowest BCUT2D eigenvalue weighted by Gasteiger charge is -2.37. The molecule has 0 saturated carbocycles. The quantitative estimate of drug-likeness (QED) is 0.302. The van der Waals surface area contributed by atoms with Gasteiger partial charge in [0.05, 0.1) is 42.2 Å². The number of hydrogen-bond donors (Lipinski definition) is 2. The van der Waals surface area contributed by atoms with Gasteiger partial charge >= 0.3 is 5.97 Å². The molecule has 1 saturated heterocycles. The third kappa shape index (κ3) is 6.34. The molecule has 3 heterocycles. The van der Waals surface area contributed by atoms with Crippen LogP contribution in [0.4, 0.5) is 0 Å². The maximum absolute atomic E-state index is 12.1. The highest BCUT2D eigenvalue weighted by molar-refractivity contribution is 7.99. The fraction of sp³-hybridized carbons (Fsp3) is 0.500. The van der Waals surface area contributed by atoms with E-state index in [0.29, 0.717) is 19.4 Å². The van der Waals surface area contributed by atoms with Crippen LogP contribution >= 0.6 is 11.8 Å². The number of likely N-dealkylation sites (tertiary alicyclic amines) is 1. The molecule has 0 aliphatic carbocycles. The zero-order chi connectivity index (χ0) is 24.8. The zero-order valence-electron chi connectivity index (χ0n) is 20.3. The molecule has 1 aromatic carbocycles. The first kappa shape index (κ1) is 25.5. The minimum Gasteiger partial charge on any atom is -0.497 e. The predicted molar refractivity (Wildman–Crippen MR) is 137 cm³/mol. The maximum Gasteiger partial charge on any atom is 0.308 e. The van der Waals surface area contributed by atoms with Gasteiger partial charge in [0, 0.05) is 30.9 Å². The molecule has 0 unspecified atom stereocenters. The van der Waals surface area contributed by atoms with Gasteiger partial charge in [-0.3, -0.25) is 9.78 Å². The summed E-state index contributed by atoms with van der Waals surface area (Å²) in [5, 5.41) is 22.9. The van der Waals surface area contributed by atoms with Crippen LogP contribution in [0.3, 0.4) is 0 Å². The average molecular weight is 499 g/mol. The van der Waals surface area contributed by atoms with Gasteiger partial charge in [0.25, 0.3) is 0 Å². The second-order valence-corrected chi connectivity index (χ2v) is 10.3. The second-order valence-electron chi connectivity index (χ2n) is 9.22. The second kappa shape index (κ2) is 11.9. The summed E-state index contributed by atoms with van der Waals surface area (Å²) in [6, 6.07) is 7.48. The minimum atomic E-state index is -0.738. The average Bonchev–Trinajstić information content (AvgIpc) is 3.29. The van der Waals surface area contributed by atoms with Crippen LogP contribution in [-0.2, 0) is 11.8 Å². The molecular weight excluding hydrogens is 464 g/mol. The number of benzene rings is 1. The number of pyridine rings is 1. The smallest absolute Gasteiger partial charge is 0.308 e. The zero-order valence-corrected chi connectivity index (χ0v) is 21.2. The van der Waals surface area contributed by atoms with Crippen molar-refractivity contribution in [1.29, 1.82) is 0 Å². The molecule has 1 aliphatic heterocycles. The van der Waals surface area contributed by atoms with Gasteiger partial charge in [0.15, 0.2) is 0 Å². The van der Waals surface area contributed by atoms with E-state index in [1.165, 1.54) is 0 Å². The Morgan fingerprint density at radius 1 is 1.34 bits per heavy atom. The normalized spacial score (nSPS) is 19.6. The summed E-state index contributed by atoms with van der Waals surface area (Å²) in [5.41, 5.74) is 1.62. The van der Waals surface area contributed by atoms with E-state index in [4.69, 9.17) is 4.74 Å². The molecule has 1 aliphatic rings. The number of carbonyl (C=O) groups is 1. The number of imidazole rings is 1. The van der Waals surface area contributed by atoms with Crippen molar-refractivity contribution < 1.29 is 19.7 Å². The van der Waals surface area contributed by atoms with E-state index in [1.807, 2.05) is 42.1 Å². The van der Waals surface area contributed by atoms with Crippen molar-refractivity contribution in [2.45, 2.75) is 36.8 Å². The van der Waals surface area contributed by atoms with E-state index >= 15 is 0 Å². The van der Waals surface area contributed by atoms with Gasteiger partial charge in [0.2, 0.25) is 0 Å². The molecule has 0 bridgehead atoms. The molecule has 9 heteroatoms. The SMILES string of the molecule is COc1ccc2nccc([C@@H](O)CC[C@@H]3CCN(CCCSc4cncn4C)C[C@@H]3C(=O)O)c2c1. The molecular formula is C26H34N4O4S. The number of methoxy groups -OCH3 is 1. The molecule has 35 heavy (non-hydrogen) atoms. The minimum absolute atomic E-state index is 0.0601. The van der Waals surface area contributed by atoms with Gasteiger partial charge in [-0.15, -0.1) is 11.8 Å². The van der Waals surface area contributed by atoms with E-state index in [1.54, 1.807) is 31.4 Å². The molecule has 8 nitrogen and oxygen atoms in total. The van der Waals surface area contributed by atoms with Crippen molar-refractivity contribution in [1.82, 2.24) is 19.4 Å². The number of nitrogens with zero attached hydrogens (tertiary/aromatic N) is 4. The van der Waals surface area contributed by atoms with Gasteiger partial charge < -0.3 is 24.4 Å². The number of rotatable bonds is 11. The number of aromatic nitrogens is 3. The van der Waals surface area contributed by atoms with Crippen LogP contribution in [0.5, 0.6) is 5.75 Å². The Kier molecular flexibility index (Phi) is 8.64. The molecule has 0 radical (unpaired) electrons. The number of aliphatic hydroxyl groups excluding tert-OH is 1. The van der Waals surface area contributed by atoms with Crippen molar-refractivity contribution in [2.75, 3.05) is 32.5 Å². The topological polar surface area (TPSA) is 101 Å². The van der Waals surface area contributed by atoms with Crippen LogP contribution in [0, 0.1) is 11.8 Å². The summed E-state index contributed by atoms with van der Waals surface area (Å²) in [4.78, 5) is 22.9. The van der Waals surface area contributed by atoms with Gasteiger partial charge in [-0.2, -0.15) is 0 Å². The van der Waals surface area contributed by atoms with Crippen molar-refractivity contribution >= 4 is 28.6 Å². The molecule has 3 atom stereocenters. The number of thioether (sulfide) groups is 1. The number of carboxylic acid groups (broad SMARTS) is 1. The van der Waals surface area contributed by atoms with Gasteiger partial charge in [0.1, 0.15) is 5.75 Å². The Morgan fingerprint density at radius 2 is 2.20 bits per heavy atom. The van der Waals surface area contributed by atoms with Crippen LogP contribution in [0.1, 0.15) is 37.4 Å². The van der Waals surface area contributed by atoms with Gasteiger partial charge in [-0.1, -0.05) is 0 Å². The first-order valence-corrected chi connectivity index (χ1v) is 13.1. The fourth-order valence-corrected chi connectivity index (χ4v) is 5.81. The highest BCUT2D eigenvalue weighted by atomic mass is 32.2. The van der Waals surface area contributed by atoms with Crippen molar-refractivity contribution in [3.63, 3.8) is 0 Å². The lowest BCUT2D eigenvalue weighted by Crippen LogP contribution is -2.44. The molecule has 4 rings (SSSR count). The predicted octanol–water partition coefficient (Wildman–Crippen LogP) is 4.00. The summed E-state index contributed by atoms with van der Waals surface area (Å²) in [5.74, 6) is 0.613. The van der Waals surface area contributed by atoms with Gasteiger partial charge in [-0.05, 0) is 74.5 Å². The molecule has 1 fully saturated rings. The van der Waals surface area contributed by atoms with Crippen LogP contribution in [0.25, 0.3) is 10.9 Å². The molecule has 2 N–H and O–H groups in total. The third-order valence-corrected chi connectivity index (χ3v) is 8.13. The summed E-state index contributed by atoms with van der Waals surface area (Å²) >= 11 is 1.78. The third-order valence-electron chi connectivity index (χ3n) is 6.95. The van der Waals surface area contributed by atoms with E-state index in [2.05, 4.69) is 14.9 Å². The van der Waals surface area contributed by atoms with Crippen LogP contribution in [-0.4, -0.2) is 68.1 Å². The van der Waals surface area contributed by atoms with Crippen LogP contribution in [0.15, 0.2) is 48.0 Å². The van der Waals surface area contributed by atoms with Crippen LogP contribution in [0.2, 0.25) is 0 Å². The fourth-order valence-electron chi connectivity index (χ4n) is 4.94. The molecule has 0 amide bonds. The molecule has 3 aromatic rings. The van der Waals surface area contributed by atoms with Crippen LogP contribution < -0.4 is 4.74 Å². The molecule has 188 valence electrons. The first-order chi connectivity index (χ1) is 17.0. The Bertz CT molecular complexity index is 1140. The standard InChI is InChI=1S/C26H34N4O4S/c1-29-17-27-15-25(29)35-13-3-11-30-12-9-18(22(16-30)26(32)33)4-7-24(31)20-8-10-28-23-6-5-19(34-2)14-21(20)23/h5-6,8,10,14-15,17-18,22,24,31H,3-4,7,9,11-13,16H2,1-2H3,(H,32,33)/t18-,22+,24+/m1/s1. The van der Waals surface area contributed by atoms with Crippen molar-refractivity contribution in [3.05, 3.63) is 48.5 Å². The number of carboxylic acids is 1. The first-order valence-electron chi connectivity index (χ1n) is 12.1. The van der Waals surface area contributed by atoms with E-state index in [9.17, 15) is 15.0 Å². The van der Waals surface area contributed by atoms with Gasteiger partial charge in [-0.25, -0.2) is 4.98 Å². The Balaban J connectivity index is 1.30. The van der Waals surface area contributed by atoms with E-state index < -0.39 is 18.0 Å². The monoisotopic (exact) mass is 498 g/mol. The van der Waals surface area contributed by atoms with Crippen molar-refractivity contribution in [2.24, 2.45) is 18.9 Å². The number of aryl methyl sites for hydroxylation is 1. The van der Waals surface area contributed by atoms with Crippen molar-refractivity contribution in [3.8, 4) is 5.75 Å². The maximum atomic E-state index is 12.1. The van der Waals surface area contributed by atoms with E-state index in [0.717, 1.165) is 58.9 Å². The highest BCUT2D eigenvalue weighted by Crippen LogP contribution is 2.34. The van der Waals surface area contributed by atoms with E-state index in [-0.39, 0.29) is 5.92 Å². The number of hydrogen-bond acceptors (Lipinski definition) is 7. The molecule has 0 spiro atoms. The number of fused-ring (bicyclic) bond motifs is 1. The Hall–Kier alpha value is -2.62. The summed E-state index contributed by atoms with van der Waals surface area (Å²) < 4.78 is 7.35. The lowest BCUT2D eigenvalue weighted by molar-refractivity contribution is -0.146. The largest absolute Gasteiger partial charge is 0.497 e. The lowest BCUT2D eigenvalue weighted by atomic mass is 9.81. The number of ether oxygens (including phenoxy) is 1. The number of piperidine rings is 1. The number of aliphatic carboxylic acids is 1. The Morgan fingerprint density at radius 3 is 2.94 bits per heavy atom.